The van der Waals surface area contributed by atoms with Crippen molar-refractivity contribution in [3.8, 4) is 0 Å². The van der Waals surface area contributed by atoms with E-state index in [2.05, 4.69) is 15.6 Å². The second kappa shape index (κ2) is 11.5. The van der Waals surface area contributed by atoms with Gasteiger partial charge in [-0.25, -0.2) is 13.8 Å². The van der Waals surface area contributed by atoms with E-state index in [9.17, 15) is 23.2 Å². The van der Waals surface area contributed by atoms with Gasteiger partial charge in [-0.2, -0.15) is 0 Å². The van der Waals surface area contributed by atoms with Crippen molar-refractivity contribution < 1.29 is 23.2 Å². The van der Waals surface area contributed by atoms with E-state index in [4.69, 9.17) is 0 Å². The van der Waals surface area contributed by atoms with Crippen LogP contribution in [0, 0.1) is 11.6 Å². The monoisotopic (exact) mass is 494 g/mol. The van der Waals surface area contributed by atoms with Crippen LogP contribution in [-0.2, 0) is 14.4 Å². The minimum Gasteiger partial charge on any atom is -0.349 e. The van der Waals surface area contributed by atoms with E-state index < -0.39 is 40.9 Å². The van der Waals surface area contributed by atoms with Crippen molar-refractivity contribution in [1.29, 1.82) is 0 Å². The zero-order valence-electron chi connectivity index (χ0n) is 20.3. The molecule has 1 heterocycles. The molecule has 3 rings (SSSR count). The van der Waals surface area contributed by atoms with Gasteiger partial charge < -0.3 is 10.6 Å². The Balaban J connectivity index is 1.95. The molecule has 0 aliphatic heterocycles. The SMILES string of the molecule is CC(C)(C)NC(=O)[C@@H](c1ccc(F)cc1)N(C(=O)CCC(=O)Nc1ccccn1)c1cccc(F)c1. The summed E-state index contributed by atoms with van der Waals surface area (Å²) >= 11 is 0. The molecule has 0 spiro atoms. The van der Waals surface area contributed by atoms with Crippen LogP contribution < -0.4 is 15.5 Å². The third-order valence-electron chi connectivity index (χ3n) is 5.04. The van der Waals surface area contributed by atoms with Crippen molar-refractivity contribution in [2.75, 3.05) is 10.2 Å². The zero-order chi connectivity index (χ0) is 26.3. The van der Waals surface area contributed by atoms with Gasteiger partial charge in [-0.05, 0) is 68.8 Å². The molecule has 0 radical (unpaired) electrons. The summed E-state index contributed by atoms with van der Waals surface area (Å²) in [5, 5.41) is 5.45. The number of amides is 3. The Morgan fingerprint density at radius 3 is 2.25 bits per heavy atom. The summed E-state index contributed by atoms with van der Waals surface area (Å²) in [4.78, 5) is 44.6. The lowest BCUT2D eigenvalue weighted by Crippen LogP contribution is -2.49. The lowest BCUT2D eigenvalue weighted by Gasteiger charge is -2.34. The van der Waals surface area contributed by atoms with Crippen LogP contribution in [0.4, 0.5) is 20.3 Å². The highest BCUT2D eigenvalue weighted by Gasteiger charge is 2.34. The minimum atomic E-state index is -1.24. The van der Waals surface area contributed by atoms with Gasteiger partial charge in [0.05, 0.1) is 0 Å². The number of carbonyl (C=O) groups is 3. The second-order valence-corrected chi connectivity index (χ2v) is 9.20. The van der Waals surface area contributed by atoms with Gasteiger partial charge in [0.2, 0.25) is 17.7 Å². The van der Waals surface area contributed by atoms with Crippen LogP contribution in [0.25, 0.3) is 0 Å². The van der Waals surface area contributed by atoms with Gasteiger partial charge in [0.15, 0.2) is 0 Å². The van der Waals surface area contributed by atoms with Crippen molar-refractivity contribution in [3.63, 3.8) is 0 Å². The van der Waals surface area contributed by atoms with Gasteiger partial charge in [-0.3, -0.25) is 19.3 Å². The number of hydrogen-bond donors (Lipinski definition) is 2. The highest BCUT2D eigenvalue weighted by molar-refractivity contribution is 6.03. The standard InChI is InChI=1S/C27H28F2N4O3/c1-27(2,3)32-26(36)25(18-10-12-19(28)13-11-18)33(21-8-6-7-20(29)17-21)24(35)15-14-23(34)31-22-9-4-5-16-30-22/h4-13,16-17,25H,14-15H2,1-3H3,(H,32,36)(H,30,31,34)/t25-/m1/s1. The third-order valence-corrected chi connectivity index (χ3v) is 5.04. The fraction of sp³-hybridized carbons (Fsp3) is 0.259. The van der Waals surface area contributed by atoms with Crippen LogP contribution >= 0.6 is 0 Å². The summed E-state index contributed by atoms with van der Waals surface area (Å²) < 4.78 is 27.8. The van der Waals surface area contributed by atoms with E-state index in [1.165, 1.54) is 48.7 Å². The lowest BCUT2D eigenvalue weighted by atomic mass is 10.00. The predicted octanol–water partition coefficient (Wildman–Crippen LogP) is 4.77. The number of aromatic nitrogens is 1. The van der Waals surface area contributed by atoms with Crippen molar-refractivity contribution in [2.24, 2.45) is 0 Å². The van der Waals surface area contributed by atoms with Gasteiger partial charge in [-0.15, -0.1) is 0 Å². The number of nitrogens with one attached hydrogen (secondary N) is 2. The van der Waals surface area contributed by atoms with Gasteiger partial charge in [0, 0.05) is 30.3 Å². The van der Waals surface area contributed by atoms with E-state index in [1.54, 1.807) is 39.0 Å². The van der Waals surface area contributed by atoms with E-state index in [1.807, 2.05) is 0 Å². The topological polar surface area (TPSA) is 91.4 Å². The number of nitrogens with zero attached hydrogens (tertiary/aromatic N) is 2. The molecule has 36 heavy (non-hydrogen) atoms. The summed E-state index contributed by atoms with van der Waals surface area (Å²) in [5.41, 5.74) is -0.189. The van der Waals surface area contributed by atoms with Gasteiger partial charge in [0.25, 0.3) is 0 Å². The largest absolute Gasteiger partial charge is 0.349 e. The van der Waals surface area contributed by atoms with Crippen LogP contribution in [0.2, 0.25) is 0 Å². The number of hydrogen-bond acceptors (Lipinski definition) is 4. The van der Waals surface area contributed by atoms with E-state index in [-0.39, 0.29) is 18.5 Å². The van der Waals surface area contributed by atoms with E-state index in [0.717, 1.165) is 11.0 Å². The number of carbonyl (C=O) groups excluding carboxylic acids is 3. The zero-order valence-corrected chi connectivity index (χ0v) is 20.3. The Bertz CT molecular complexity index is 1210. The first-order valence-electron chi connectivity index (χ1n) is 11.4. The Kier molecular flexibility index (Phi) is 8.47. The molecule has 0 bridgehead atoms. The van der Waals surface area contributed by atoms with Gasteiger partial charge in [-0.1, -0.05) is 24.3 Å². The molecule has 188 valence electrons. The maximum absolute atomic E-state index is 14.2. The summed E-state index contributed by atoms with van der Waals surface area (Å²) in [5.74, 6) is -2.35. The fourth-order valence-electron chi connectivity index (χ4n) is 3.55. The molecule has 0 fully saturated rings. The Morgan fingerprint density at radius 1 is 0.917 bits per heavy atom. The van der Waals surface area contributed by atoms with Crippen molar-refractivity contribution in [3.05, 3.63) is 90.1 Å². The molecule has 2 aromatic carbocycles. The quantitative estimate of drug-likeness (QED) is 0.472. The van der Waals surface area contributed by atoms with E-state index >= 15 is 0 Å². The predicted molar refractivity (Wildman–Crippen MR) is 133 cm³/mol. The maximum Gasteiger partial charge on any atom is 0.248 e. The fourth-order valence-corrected chi connectivity index (χ4v) is 3.55. The van der Waals surface area contributed by atoms with Crippen LogP contribution in [0.1, 0.15) is 45.2 Å². The number of rotatable bonds is 8. The van der Waals surface area contributed by atoms with Crippen molar-refractivity contribution >= 4 is 29.2 Å². The molecule has 3 aromatic rings. The smallest absolute Gasteiger partial charge is 0.248 e. The van der Waals surface area contributed by atoms with Gasteiger partial charge in [0.1, 0.15) is 23.5 Å². The molecule has 1 atom stereocenters. The molecule has 9 heteroatoms. The van der Waals surface area contributed by atoms with Crippen LogP contribution in [0.5, 0.6) is 0 Å². The average Bonchev–Trinajstić information content (AvgIpc) is 2.81. The molecule has 0 aliphatic carbocycles. The molecule has 3 amide bonds. The molecule has 2 N–H and O–H groups in total. The van der Waals surface area contributed by atoms with Gasteiger partial charge >= 0.3 is 0 Å². The molecule has 0 saturated carbocycles. The first-order valence-corrected chi connectivity index (χ1v) is 11.4. The van der Waals surface area contributed by atoms with Crippen LogP contribution in [0.15, 0.2) is 72.9 Å². The van der Waals surface area contributed by atoms with Crippen LogP contribution in [-0.4, -0.2) is 28.2 Å². The Hall–Kier alpha value is -4.14. The van der Waals surface area contributed by atoms with Crippen LogP contribution in [0.3, 0.4) is 0 Å². The molecule has 0 unspecified atom stereocenters. The summed E-state index contributed by atoms with van der Waals surface area (Å²) in [6.07, 6.45) is 1.06. The number of halogens is 2. The molecular formula is C27H28F2N4O3. The molecular weight excluding hydrogens is 466 g/mol. The number of benzene rings is 2. The first-order chi connectivity index (χ1) is 17.0. The second-order valence-electron chi connectivity index (χ2n) is 9.20. The number of pyridine rings is 1. The Morgan fingerprint density at radius 2 is 1.64 bits per heavy atom. The average molecular weight is 495 g/mol. The molecule has 0 aliphatic rings. The highest BCUT2D eigenvalue weighted by atomic mass is 19.1. The van der Waals surface area contributed by atoms with E-state index in [0.29, 0.717) is 11.4 Å². The highest BCUT2D eigenvalue weighted by Crippen LogP contribution is 2.30. The molecule has 7 nitrogen and oxygen atoms in total. The maximum atomic E-state index is 14.2. The van der Waals surface area contributed by atoms with Crippen molar-refractivity contribution in [1.82, 2.24) is 10.3 Å². The molecule has 1 aromatic heterocycles. The lowest BCUT2D eigenvalue weighted by molar-refractivity contribution is -0.128. The van der Waals surface area contributed by atoms with Crippen molar-refractivity contribution in [2.45, 2.75) is 45.2 Å². The third kappa shape index (κ3) is 7.43. The summed E-state index contributed by atoms with van der Waals surface area (Å²) in [6, 6.07) is 14.2. The molecule has 0 saturated heterocycles. The Labute approximate surface area is 208 Å². The first kappa shape index (κ1) is 26.5. The normalized spacial score (nSPS) is 11.9. The summed E-state index contributed by atoms with van der Waals surface area (Å²) in [7, 11) is 0. The summed E-state index contributed by atoms with van der Waals surface area (Å²) in [6.45, 7) is 5.34. The number of anilines is 2. The minimum absolute atomic E-state index is 0.128.